The van der Waals surface area contributed by atoms with Crippen LogP contribution >= 0.6 is 11.6 Å². The van der Waals surface area contributed by atoms with E-state index < -0.39 is 6.61 Å². The molecule has 3 aromatic rings. The Morgan fingerprint density at radius 2 is 2.12 bits per heavy atom. The first-order valence-corrected chi connectivity index (χ1v) is 8.36. The fourth-order valence-corrected chi connectivity index (χ4v) is 3.47. The van der Waals surface area contributed by atoms with E-state index in [1.54, 1.807) is 19.1 Å². The highest BCUT2D eigenvalue weighted by Gasteiger charge is 2.21. The van der Waals surface area contributed by atoms with Gasteiger partial charge in [0.1, 0.15) is 11.6 Å². The summed E-state index contributed by atoms with van der Waals surface area (Å²) in [5.41, 5.74) is 3.90. The predicted octanol–water partition coefficient (Wildman–Crippen LogP) is 4.62. The van der Waals surface area contributed by atoms with Gasteiger partial charge in [-0.2, -0.15) is 8.78 Å². The molecule has 4 rings (SSSR count). The molecule has 7 heteroatoms. The predicted molar refractivity (Wildman–Crippen MR) is 93.8 cm³/mol. The minimum Gasteiger partial charge on any atom is -0.434 e. The minimum atomic E-state index is -2.87. The normalized spacial score (nSPS) is 13.8. The molecule has 4 nitrogen and oxygen atoms in total. The van der Waals surface area contributed by atoms with Crippen LogP contribution in [0.25, 0.3) is 11.0 Å². The molecule has 2 aromatic carbocycles. The smallest absolute Gasteiger partial charge is 0.387 e. The van der Waals surface area contributed by atoms with Gasteiger partial charge in [0.05, 0.1) is 17.6 Å². The van der Waals surface area contributed by atoms with Crippen LogP contribution in [0.3, 0.4) is 0 Å². The van der Waals surface area contributed by atoms with E-state index in [2.05, 4.69) is 10.3 Å². The molecule has 0 saturated carbocycles. The highest BCUT2D eigenvalue weighted by Crippen LogP contribution is 2.35. The summed E-state index contributed by atoms with van der Waals surface area (Å²) in [6.45, 7) is -0.0656. The van der Waals surface area contributed by atoms with E-state index in [4.69, 9.17) is 16.3 Å². The molecular formula is C18H16ClF2N3O. The summed E-state index contributed by atoms with van der Waals surface area (Å²) in [6.07, 6.45) is 0.727. The van der Waals surface area contributed by atoms with Gasteiger partial charge >= 0.3 is 6.61 Å². The van der Waals surface area contributed by atoms with Crippen LogP contribution in [0.4, 0.5) is 14.5 Å². The molecule has 0 saturated heterocycles. The topological polar surface area (TPSA) is 39.1 Å². The average molecular weight is 364 g/mol. The summed E-state index contributed by atoms with van der Waals surface area (Å²) in [4.78, 5) is 4.66. The standard InChI is InChI=1S/C18H16ClF2N3O/c1-10-2-4-13-12(17(10)25-18(20)21)9-24-15-8-11(19)3-5-14(15)23-16(24)6-7-22-13/h2-5,8,18,22H,6-7,9H2,1H3. The molecule has 0 aliphatic carbocycles. The number of nitrogens with zero attached hydrogens (tertiary/aromatic N) is 2. The van der Waals surface area contributed by atoms with Gasteiger partial charge in [-0.15, -0.1) is 0 Å². The number of fused-ring (bicyclic) bond motifs is 4. The Kier molecular flexibility index (Phi) is 4.00. The number of hydrogen-bond acceptors (Lipinski definition) is 3. The van der Waals surface area contributed by atoms with Crippen molar-refractivity contribution in [1.29, 1.82) is 0 Å². The number of halogens is 3. The van der Waals surface area contributed by atoms with Crippen LogP contribution in [0.1, 0.15) is 17.0 Å². The van der Waals surface area contributed by atoms with Gasteiger partial charge in [-0.3, -0.25) is 0 Å². The third kappa shape index (κ3) is 2.91. The van der Waals surface area contributed by atoms with Gasteiger partial charge < -0.3 is 14.6 Å². The molecule has 0 fully saturated rings. The van der Waals surface area contributed by atoms with Crippen LogP contribution in [0.2, 0.25) is 5.02 Å². The van der Waals surface area contributed by atoms with Gasteiger partial charge in [-0.25, -0.2) is 4.98 Å². The Labute approximate surface area is 148 Å². The first-order valence-electron chi connectivity index (χ1n) is 7.99. The molecule has 0 radical (unpaired) electrons. The minimum absolute atomic E-state index is 0.219. The second-order valence-electron chi connectivity index (χ2n) is 6.04. The van der Waals surface area contributed by atoms with Crippen molar-refractivity contribution in [2.45, 2.75) is 26.5 Å². The van der Waals surface area contributed by atoms with Gasteiger partial charge in [0, 0.05) is 29.2 Å². The van der Waals surface area contributed by atoms with Crippen molar-refractivity contribution < 1.29 is 13.5 Å². The van der Waals surface area contributed by atoms with E-state index in [0.29, 0.717) is 29.2 Å². The second-order valence-corrected chi connectivity index (χ2v) is 6.48. The average Bonchev–Trinajstić information content (AvgIpc) is 2.86. The van der Waals surface area contributed by atoms with Gasteiger partial charge in [-0.05, 0) is 36.8 Å². The summed E-state index contributed by atoms with van der Waals surface area (Å²) < 4.78 is 32.7. The highest BCUT2D eigenvalue weighted by atomic mass is 35.5. The zero-order valence-corrected chi connectivity index (χ0v) is 14.3. The number of aryl methyl sites for hydroxylation is 1. The number of imidazole rings is 1. The fraction of sp³-hybridized carbons (Fsp3) is 0.278. The molecule has 130 valence electrons. The Bertz CT molecular complexity index is 955. The van der Waals surface area contributed by atoms with Crippen molar-refractivity contribution in [1.82, 2.24) is 9.55 Å². The van der Waals surface area contributed by atoms with Crippen LogP contribution in [-0.2, 0) is 13.0 Å². The molecule has 1 aliphatic heterocycles. The monoisotopic (exact) mass is 363 g/mol. The molecule has 2 heterocycles. The van der Waals surface area contributed by atoms with Gasteiger partial charge in [-0.1, -0.05) is 17.7 Å². The van der Waals surface area contributed by atoms with Crippen molar-refractivity contribution in [2.24, 2.45) is 0 Å². The van der Waals surface area contributed by atoms with Gasteiger partial charge in [0.25, 0.3) is 0 Å². The second kappa shape index (κ2) is 6.19. The quantitative estimate of drug-likeness (QED) is 0.722. The Balaban J connectivity index is 1.91. The van der Waals surface area contributed by atoms with Crippen LogP contribution in [-0.4, -0.2) is 22.7 Å². The van der Waals surface area contributed by atoms with E-state index in [-0.39, 0.29) is 5.75 Å². The lowest BCUT2D eigenvalue weighted by Crippen LogP contribution is -2.18. The summed E-state index contributed by atoms with van der Waals surface area (Å²) in [7, 11) is 0. The van der Waals surface area contributed by atoms with Crippen molar-refractivity contribution in [3.05, 3.63) is 52.3 Å². The summed E-state index contributed by atoms with van der Waals surface area (Å²) in [6, 6.07) is 9.21. The number of rotatable bonds is 2. The number of ether oxygens (including phenoxy) is 1. The molecule has 1 N–H and O–H groups in total. The molecule has 0 bridgehead atoms. The van der Waals surface area contributed by atoms with Crippen molar-refractivity contribution in [3.63, 3.8) is 0 Å². The number of anilines is 1. The number of benzene rings is 2. The Hall–Kier alpha value is -2.34. The molecule has 1 aliphatic rings. The first-order chi connectivity index (χ1) is 12.0. The lowest BCUT2D eigenvalue weighted by Gasteiger charge is -2.22. The third-order valence-electron chi connectivity index (χ3n) is 4.43. The van der Waals surface area contributed by atoms with Crippen LogP contribution in [0.15, 0.2) is 30.3 Å². The highest BCUT2D eigenvalue weighted by molar-refractivity contribution is 6.31. The Morgan fingerprint density at radius 3 is 2.92 bits per heavy atom. The lowest BCUT2D eigenvalue weighted by molar-refractivity contribution is -0.0508. The van der Waals surface area contributed by atoms with Gasteiger partial charge in [0.15, 0.2) is 0 Å². The van der Waals surface area contributed by atoms with Crippen LogP contribution in [0.5, 0.6) is 5.75 Å². The molecular weight excluding hydrogens is 348 g/mol. The number of aromatic nitrogens is 2. The third-order valence-corrected chi connectivity index (χ3v) is 4.67. The van der Waals surface area contributed by atoms with Crippen molar-refractivity contribution in [2.75, 3.05) is 11.9 Å². The van der Waals surface area contributed by atoms with Crippen LogP contribution in [0, 0.1) is 6.92 Å². The van der Waals surface area contributed by atoms with Gasteiger partial charge in [0.2, 0.25) is 0 Å². The van der Waals surface area contributed by atoms with E-state index in [9.17, 15) is 8.78 Å². The molecule has 1 aromatic heterocycles. The summed E-state index contributed by atoms with van der Waals surface area (Å²) in [5, 5.41) is 3.91. The number of hydrogen-bond donors (Lipinski definition) is 1. The SMILES string of the molecule is Cc1ccc2c(c1OC(F)F)Cn1c(nc3ccc(Cl)cc31)CCN2. The number of nitrogens with one attached hydrogen (secondary N) is 1. The molecule has 25 heavy (non-hydrogen) atoms. The largest absolute Gasteiger partial charge is 0.434 e. The fourth-order valence-electron chi connectivity index (χ4n) is 3.30. The molecule has 0 atom stereocenters. The number of alkyl halides is 2. The van der Waals surface area contributed by atoms with E-state index >= 15 is 0 Å². The zero-order chi connectivity index (χ0) is 17.6. The first kappa shape index (κ1) is 16.1. The maximum Gasteiger partial charge on any atom is 0.387 e. The van der Waals surface area contributed by atoms with E-state index in [0.717, 1.165) is 29.0 Å². The Morgan fingerprint density at radius 1 is 1.28 bits per heavy atom. The van der Waals surface area contributed by atoms with Crippen molar-refractivity contribution in [3.8, 4) is 5.75 Å². The zero-order valence-electron chi connectivity index (χ0n) is 13.5. The van der Waals surface area contributed by atoms with E-state index in [1.165, 1.54) is 0 Å². The summed E-state index contributed by atoms with van der Waals surface area (Å²) >= 11 is 6.14. The van der Waals surface area contributed by atoms with Crippen LogP contribution < -0.4 is 10.1 Å². The molecule has 0 spiro atoms. The molecule has 0 amide bonds. The summed E-state index contributed by atoms with van der Waals surface area (Å²) in [5.74, 6) is 1.11. The molecule has 0 unspecified atom stereocenters. The lowest BCUT2D eigenvalue weighted by atomic mass is 10.1. The maximum absolute atomic E-state index is 12.9. The van der Waals surface area contributed by atoms with E-state index in [1.807, 2.05) is 22.8 Å². The maximum atomic E-state index is 12.9. The van der Waals surface area contributed by atoms with Crippen molar-refractivity contribution >= 4 is 28.3 Å².